The van der Waals surface area contributed by atoms with Gasteiger partial charge in [0.15, 0.2) is 5.11 Å². The van der Waals surface area contributed by atoms with Gasteiger partial charge in [0.1, 0.15) is 5.75 Å². The molecule has 0 aliphatic carbocycles. The van der Waals surface area contributed by atoms with Crippen LogP contribution in [0.15, 0.2) is 35.5 Å². The highest BCUT2D eigenvalue weighted by Crippen LogP contribution is 2.33. The Morgan fingerprint density at radius 1 is 1.29 bits per heavy atom. The highest BCUT2D eigenvalue weighted by atomic mass is 32.1. The number of nitrogens with one attached hydrogen (secondary N) is 2. The Morgan fingerprint density at radius 2 is 2.04 bits per heavy atom. The largest absolute Gasteiger partial charge is 0.494 e. The molecule has 6 heteroatoms. The summed E-state index contributed by atoms with van der Waals surface area (Å²) in [4.78, 5) is 12.6. The van der Waals surface area contributed by atoms with Gasteiger partial charge >= 0.3 is 5.97 Å². The smallest absolute Gasteiger partial charge is 0.338 e. The third kappa shape index (κ3) is 4.26. The fraction of sp³-hybridized carbons (Fsp3) is 0.444. The molecule has 0 fully saturated rings. The maximum Gasteiger partial charge on any atom is 0.338 e. The minimum Gasteiger partial charge on any atom is -0.494 e. The first-order valence-electron chi connectivity index (χ1n) is 8.25. The molecule has 0 saturated heterocycles. The second-order valence-electron chi connectivity index (χ2n) is 5.53. The van der Waals surface area contributed by atoms with Gasteiger partial charge in [-0.3, -0.25) is 0 Å². The highest BCUT2D eigenvalue weighted by Gasteiger charge is 2.32. The van der Waals surface area contributed by atoms with E-state index in [4.69, 9.17) is 21.7 Å². The molecule has 0 saturated carbocycles. The van der Waals surface area contributed by atoms with Crippen molar-refractivity contribution in [2.24, 2.45) is 0 Å². The summed E-state index contributed by atoms with van der Waals surface area (Å²) in [5.74, 6) is 0.397. The lowest BCUT2D eigenvalue weighted by Gasteiger charge is -2.30. The number of thiocarbonyl (C=S) groups is 1. The number of hydrogen-bond acceptors (Lipinski definition) is 4. The third-order valence-corrected chi connectivity index (χ3v) is 3.97. The van der Waals surface area contributed by atoms with Gasteiger partial charge in [-0.25, -0.2) is 4.79 Å². The van der Waals surface area contributed by atoms with Crippen LogP contribution in [0, 0.1) is 0 Å². The molecule has 2 rings (SSSR count). The Labute approximate surface area is 148 Å². The molecular formula is C18H24N2O3S. The van der Waals surface area contributed by atoms with Gasteiger partial charge in [0.05, 0.1) is 24.8 Å². The highest BCUT2D eigenvalue weighted by molar-refractivity contribution is 7.80. The predicted molar refractivity (Wildman–Crippen MR) is 97.8 cm³/mol. The Hall–Kier alpha value is -2.08. The average Bonchev–Trinajstić information content (AvgIpc) is 2.55. The van der Waals surface area contributed by atoms with Crippen molar-refractivity contribution in [1.82, 2.24) is 10.6 Å². The van der Waals surface area contributed by atoms with Gasteiger partial charge in [0, 0.05) is 11.3 Å². The molecule has 2 N–H and O–H groups in total. The Bertz CT molecular complexity index is 643. The second-order valence-corrected chi connectivity index (χ2v) is 5.94. The van der Waals surface area contributed by atoms with Gasteiger partial charge in [-0.15, -0.1) is 0 Å². The SMILES string of the molecule is CCCCOC(=O)C1=C(C)NC(=S)N[C@@H]1c1ccccc1OCC. The van der Waals surface area contributed by atoms with Crippen LogP contribution in [-0.2, 0) is 9.53 Å². The predicted octanol–water partition coefficient (Wildman–Crippen LogP) is 3.22. The summed E-state index contributed by atoms with van der Waals surface area (Å²) in [5.41, 5.74) is 2.10. The van der Waals surface area contributed by atoms with Crippen molar-refractivity contribution >= 4 is 23.3 Å². The number of rotatable bonds is 7. The topological polar surface area (TPSA) is 59.6 Å². The van der Waals surface area contributed by atoms with E-state index < -0.39 is 6.04 Å². The van der Waals surface area contributed by atoms with Crippen LogP contribution in [-0.4, -0.2) is 24.3 Å². The number of para-hydroxylation sites is 1. The number of carbonyl (C=O) groups excluding carboxylic acids is 1. The van der Waals surface area contributed by atoms with Crippen LogP contribution in [0.5, 0.6) is 5.75 Å². The van der Waals surface area contributed by atoms with Gasteiger partial charge in [0.2, 0.25) is 0 Å². The van der Waals surface area contributed by atoms with Crippen LogP contribution in [0.2, 0.25) is 0 Å². The number of carbonyl (C=O) groups is 1. The lowest BCUT2D eigenvalue weighted by atomic mass is 9.95. The molecule has 1 aromatic rings. The summed E-state index contributed by atoms with van der Waals surface area (Å²) in [7, 11) is 0. The summed E-state index contributed by atoms with van der Waals surface area (Å²) in [5, 5.41) is 6.66. The summed E-state index contributed by atoms with van der Waals surface area (Å²) in [6.45, 7) is 6.78. The zero-order valence-corrected chi connectivity index (χ0v) is 15.2. The van der Waals surface area contributed by atoms with Gasteiger partial charge in [-0.05, 0) is 38.6 Å². The molecule has 0 aromatic heterocycles. The fourth-order valence-corrected chi connectivity index (χ4v) is 2.86. The molecular weight excluding hydrogens is 324 g/mol. The maximum absolute atomic E-state index is 12.6. The summed E-state index contributed by atoms with van der Waals surface area (Å²) >= 11 is 5.26. The quantitative estimate of drug-likeness (QED) is 0.448. The molecule has 1 aromatic carbocycles. The summed E-state index contributed by atoms with van der Waals surface area (Å²) in [6, 6.07) is 7.25. The van der Waals surface area contributed by atoms with E-state index in [2.05, 4.69) is 17.6 Å². The molecule has 24 heavy (non-hydrogen) atoms. The van der Waals surface area contributed by atoms with E-state index in [9.17, 15) is 4.79 Å². The first kappa shape index (κ1) is 18.3. The normalized spacial score (nSPS) is 17.1. The monoisotopic (exact) mass is 348 g/mol. The molecule has 1 heterocycles. The zero-order valence-electron chi connectivity index (χ0n) is 14.3. The molecule has 1 atom stereocenters. The van der Waals surface area contributed by atoms with E-state index in [0.717, 1.165) is 24.2 Å². The lowest BCUT2D eigenvalue weighted by Crippen LogP contribution is -2.45. The van der Waals surface area contributed by atoms with E-state index in [1.807, 2.05) is 38.1 Å². The van der Waals surface area contributed by atoms with E-state index in [0.29, 0.717) is 29.6 Å². The van der Waals surface area contributed by atoms with Crippen molar-refractivity contribution < 1.29 is 14.3 Å². The van der Waals surface area contributed by atoms with Crippen molar-refractivity contribution in [3.05, 3.63) is 41.1 Å². The molecule has 1 aliphatic heterocycles. The first-order chi connectivity index (χ1) is 11.6. The minimum absolute atomic E-state index is 0.334. The van der Waals surface area contributed by atoms with Crippen molar-refractivity contribution in [1.29, 1.82) is 0 Å². The van der Waals surface area contributed by atoms with Gasteiger partial charge < -0.3 is 20.1 Å². The van der Waals surface area contributed by atoms with E-state index >= 15 is 0 Å². The summed E-state index contributed by atoms with van der Waals surface area (Å²) < 4.78 is 11.1. The minimum atomic E-state index is -0.393. The van der Waals surface area contributed by atoms with E-state index in [1.165, 1.54) is 0 Å². The van der Waals surface area contributed by atoms with E-state index in [1.54, 1.807) is 0 Å². The molecule has 1 aliphatic rings. The molecule has 0 spiro atoms. The molecule has 0 amide bonds. The van der Waals surface area contributed by atoms with Crippen molar-refractivity contribution in [2.45, 2.75) is 39.7 Å². The molecule has 0 unspecified atom stereocenters. The van der Waals surface area contributed by atoms with Crippen LogP contribution in [0.3, 0.4) is 0 Å². The molecule has 130 valence electrons. The van der Waals surface area contributed by atoms with E-state index in [-0.39, 0.29) is 5.97 Å². The van der Waals surface area contributed by atoms with Crippen LogP contribution in [0.4, 0.5) is 0 Å². The lowest BCUT2D eigenvalue weighted by molar-refractivity contribution is -0.139. The second kappa shape index (κ2) is 8.68. The Balaban J connectivity index is 2.36. The number of unbranched alkanes of at least 4 members (excludes halogenated alkanes) is 1. The van der Waals surface area contributed by atoms with Gasteiger partial charge in [0.25, 0.3) is 0 Å². The third-order valence-electron chi connectivity index (χ3n) is 3.75. The maximum atomic E-state index is 12.6. The van der Waals surface area contributed by atoms with Crippen molar-refractivity contribution in [3.63, 3.8) is 0 Å². The van der Waals surface area contributed by atoms with Crippen molar-refractivity contribution in [3.8, 4) is 5.75 Å². The van der Waals surface area contributed by atoms with Crippen LogP contribution < -0.4 is 15.4 Å². The summed E-state index contributed by atoms with van der Waals surface area (Å²) in [6.07, 6.45) is 1.82. The number of benzene rings is 1. The zero-order chi connectivity index (χ0) is 17.5. The van der Waals surface area contributed by atoms with Crippen LogP contribution in [0.1, 0.15) is 45.2 Å². The average molecular weight is 348 g/mol. The standard InChI is InChI=1S/C18H24N2O3S/c1-4-6-11-23-17(21)15-12(3)19-18(24)20-16(15)13-9-7-8-10-14(13)22-5-2/h7-10,16H,4-6,11H2,1-3H3,(H2,19,20,24)/t16-/m1/s1. The fourth-order valence-electron chi connectivity index (χ4n) is 2.59. The Morgan fingerprint density at radius 3 is 2.75 bits per heavy atom. The van der Waals surface area contributed by atoms with Crippen LogP contribution >= 0.6 is 12.2 Å². The van der Waals surface area contributed by atoms with Gasteiger partial charge in [-0.1, -0.05) is 31.5 Å². The Kier molecular flexibility index (Phi) is 6.61. The van der Waals surface area contributed by atoms with Gasteiger partial charge in [-0.2, -0.15) is 0 Å². The molecule has 5 nitrogen and oxygen atoms in total. The number of esters is 1. The van der Waals surface area contributed by atoms with Crippen LogP contribution in [0.25, 0.3) is 0 Å². The number of hydrogen-bond donors (Lipinski definition) is 2. The number of allylic oxidation sites excluding steroid dienone is 1. The molecule has 0 bridgehead atoms. The molecule has 0 radical (unpaired) electrons. The first-order valence-corrected chi connectivity index (χ1v) is 8.66. The number of ether oxygens (including phenoxy) is 2. The van der Waals surface area contributed by atoms with Crippen molar-refractivity contribution in [2.75, 3.05) is 13.2 Å².